The van der Waals surface area contributed by atoms with E-state index in [9.17, 15) is 4.79 Å². The molecule has 0 saturated heterocycles. The van der Waals surface area contributed by atoms with Crippen LogP contribution in [0.1, 0.15) is 35.3 Å². The lowest BCUT2D eigenvalue weighted by atomic mass is 10.3. The number of carbonyl (C=O) groups is 1. The van der Waals surface area contributed by atoms with Crippen molar-refractivity contribution in [2.75, 3.05) is 19.0 Å². The first-order chi connectivity index (χ1) is 7.69. The second kappa shape index (κ2) is 6.86. The van der Waals surface area contributed by atoms with Gasteiger partial charge < -0.3 is 4.90 Å². The van der Waals surface area contributed by atoms with Crippen LogP contribution < -0.4 is 0 Å². The fourth-order valence-electron chi connectivity index (χ4n) is 1.39. The van der Waals surface area contributed by atoms with Gasteiger partial charge in [0.1, 0.15) is 5.69 Å². The van der Waals surface area contributed by atoms with Gasteiger partial charge in [0.15, 0.2) is 0 Å². The Balaban J connectivity index is 2.66. The first-order valence-corrected chi connectivity index (χ1v) is 6.87. The Morgan fingerprint density at radius 2 is 2.31 bits per heavy atom. The number of hydrogen-bond donors (Lipinski definition) is 0. The normalized spacial score (nSPS) is 10.4. The second-order valence-electron chi connectivity index (χ2n) is 3.59. The summed E-state index contributed by atoms with van der Waals surface area (Å²) in [5.41, 5.74) is 0.545. The van der Waals surface area contributed by atoms with E-state index in [0.29, 0.717) is 18.1 Å². The number of aromatic nitrogens is 1. The molecule has 1 heterocycles. The Labute approximate surface area is 105 Å². The summed E-state index contributed by atoms with van der Waals surface area (Å²) in [5.74, 6) is 0.469. The number of aryl methyl sites for hydroxylation is 1. The molecule has 0 fully saturated rings. The summed E-state index contributed by atoms with van der Waals surface area (Å²) in [4.78, 5) is 18.1. The van der Waals surface area contributed by atoms with Gasteiger partial charge in [0.2, 0.25) is 0 Å². The zero-order valence-corrected chi connectivity index (χ0v) is 11.3. The molecule has 1 aromatic rings. The van der Waals surface area contributed by atoms with Gasteiger partial charge in [-0.15, -0.1) is 22.9 Å². The van der Waals surface area contributed by atoms with Gasteiger partial charge in [-0.05, 0) is 13.3 Å². The van der Waals surface area contributed by atoms with Gasteiger partial charge in [0.05, 0.1) is 5.01 Å². The molecule has 0 aliphatic rings. The molecule has 0 aromatic carbocycles. The summed E-state index contributed by atoms with van der Waals surface area (Å²) in [5, 5.41) is 2.73. The highest BCUT2D eigenvalue weighted by molar-refractivity contribution is 7.09. The van der Waals surface area contributed by atoms with E-state index in [1.165, 1.54) is 11.3 Å². The highest BCUT2D eigenvalue weighted by Crippen LogP contribution is 2.11. The van der Waals surface area contributed by atoms with E-state index in [4.69, 9.17) is 11.6 Å². The Hall–Kier alpha value is -0.610. The van der Waals surface area contributed by atoms with Crippen LogP contribution in [0.25, 0.3) is 0 Å². The van der Waals surface area contributed by atoms with Gasteiger partial charge in [-0.1, -0.05) is 13.3 Å². The van der Waals surface area contributed by atoms with Gasteiger partial charge in [0, 0.05) is 24.3 Å². The van der Waals surface area contributed by atoms with Crippen LogP contribution in [0.5, 0.6) is 0 Å². The van der Waals surface area contributed by atoms with Crippen molar-refractivity contribution in [1.82, 2.24) is 9.88 Å². The molecule has 1 rings (SSSR count). The first kappa shape index (κ1) is 13.5. The maximum Gasteiger partial charge on any atom is 0.273 e. The SMILES string of the molecule is CCCCN(CCCl)C(=O)c1csc(C)n1. The van der Waals surface area contributed by atoms with E-state index in [2.05, 4.69) is 11.9 Å². The van der Waals surface area contributed by atoms with Crippen LogP contribution in [0.15, 0.2) is 5.38 Å². The van der Waals surface area contributed by atoms with Crippen LogP contribution >= 0.6 is 22.9 Å². The lowest BCUT2D eigenvalue weighted by molar-refractivity contribution is 0.0758. The van der Waals surface area contributed by atoms with E-state index in [0.717, 1.165) is 24.4 Å². The van der Waals surface area contributed by atoms with Crippen LogP contribution in [-0.4, -0.2) is 34.8 Å². The molecule has 5 heteroatoms. The van der Waals surface area contributed by atoms with Gasteiger partial charge in [-0.25, -0.2) is 4.98 Å². The number of amides is 1. The van der Waals surface area contributed by atoms with Crippen molar-refractivity contribution in [2.24, 2.45) is 0 Å². The molecule has 0 atom stereocenters. The van der Waals surface area contributed by atoms with Crippen molar-refractivity contribution >= 4 is 28.8 Å². The van der Waals surface area contributed by atoms with Crippen molar-refractivity contribution in [3.63, 3.8) is 0 Å². The lowest BCUT2D eigenvalue weighted by Crippen LogP contribution is -2.33. The molecule has 0 radical (unpaired) electrons. The van der Waals surface area contributed by atoms with E-state index < -0.39 is 0 Å². The van der Waals surface area contributed by atoms with Crippen LogP contribution in [0, 0.1) is 6.92 Å². The smallest absolute Gasteiger partial charge is 0.273 e. The van der Waals surface area contributed by atoms with Gasteiger partial charge >= 0.3 is 0 Å². The molecule has 0 N–H and O–H groups in total. The third-order valence-electron chi connectivity index (χ3n) is 2.26. The third kappa shape index (κ3) is 3.76. The molecule has 1 amide bonds. The van der Waals surface area contributed by atoms with E-state index in [1.54, 1.807) is 4.90 Å². The first-order valence-electron chi connectivity index (χ1n) is 5.46. The Kier molecular flexibility index (Phi) is 5.77. The largest absolute Gasteiger partial charge is 0.336 e. The predicted molar refractivity (Wildman–Crippen MR) is 68.4 cm³/mol. The fourth-order valence-corrected chi connectivity index (χ4v) is 2.18. The van der Waals surface area contributed by atoms with Crippen molar-refractivity contribution in [1.29, 1.82) is 0 Å². The monoisotopic (exact) mass is 260 g/mol. The summed E-state index contributed by atoms with van der Waals surface area (Å²) in [6, 6.07) is 0. The van der Waals surface area contributed by atoms with Crippen molar-refractivity contribution < 1.29 is 4.79 Å². The lowest BCUT2D eigenvalue weighted by Gasteiger charge is -2.20. The van der Waals surface area contributed by atoms with E-state index in [-0.39, 0.29) is 5.91 Å². The minimum Gasteiger partial charge on any atom is -0.336 e. The van der Waals surface area contributed by atoms with Crippen LogP contribution in [-0.2, 0) is 0 Å². The number of unbranched alkanes of at least 4 members (excludes halogenated alkanes) is 1. The summed E-state index contributed by atoms with van der Waals surface area (Å²) >= 11 is 7.20. The van der Waals surface area contributed by atoms with Crippen molar-refractivity contribution in [3.8, 4) is 0 Å². The number of rotatable bonds is 6. The molecule has 0 aliphatic carbocycles. The van der Waals surface area contributed by atoms with Gasteiger partial charge in [-0.3, -0.25) is 4.79 Å². The molecule has 1 aromatic heterocycles. The van der Waals surface area contributed by atoms with Crippen LogP contribution in [0.4, 0.5) is 0 Å². The quantitative estimate of drug-likeness (QED) is 0.737. The molecule has 3 nitrogen and oxygen atoms in total. The average molecular weight is 261 g/mol. The maximum absolute atomic E-state index is 12.1. The molecule has 16 heavy (non-hydrogen) atoms. The number of nitrogens with zero attached hydrogens (tertiary/aromatic N) is 2. The number of halogens is 1. The van der Waals surface area contributed by atoms with Gasteiger partial charge in [0.25, 0.3) is 5.91 Å². The number of hydrogen-bond acceptors (Lipinski definition) is 3. The highest BCUT2D eigenvalue weighted by atomic mass is 35.5. The Bertz CT molecular complexity index is 340. The zero-order valence-electron chi connectivity index (χ0n) is 9.70. The standard InChI is InChI=1S/C11H17ClN2OS/c1-3-4-6-14(7-5-12)11(15)10-8-16-9(2)13-10/h8H,3-7H2,1-2H3. The molecule has 0 aliphatic heterocycles. The second-order valence-corrected chi connectivity index (χ2v) is 5.03. The molecule has 90 valence electrons. The average Bonchev–Trinajstić information content (AvgIpc) is 2.70. The molecule has 0 unspecified atom stereocenters. The van der Waals surface area contributed by atoms with Gasteiger partial charge in [-0.2, -0.15) is 0 Å². The van der Waals surface area contributed by atoms with Crippen molar-refractivity contribution in [3.05, 3.63) is 16.1 Å². The fraction of sp³-hybridized carbons (Fsp3) is 0.636. The summed E-state index contributed by atoms with van der Waals surface area (Å²) < 4.78 is 0. The Morgan fingerprint density at radius 1 is 1.56 bits per heavy atom. The number of thiazole rings is 1. The molecular weight excluding hydrogens is 244 g/mol. The van der Waals surface area contributed by atoms with E-state index in [1.807, 2.05) is 12.3 Å². The molecule has 0 bridgehead atoms. The summed E-state index contributed by atoms with van der Waals surface area (Å²) in [6.07, 6.45) is 2.08. The van der Waals surface area contributed by atoms with E-state index >= 15 is 0 Å². The van der Waals surface area contributed by atoms with Crippen LogP contribution in [0.3, 0.4) is 0 Å². The highest BCUT2D eigenvalue weighted by Gasteiger charge is 2.16. The maximum atomic E-state index is 12.1. The predicted octanol–water partition coefficient (Wildman–Crippen LogP) is 2.93. The molecule has 0 spiro atoms. The minimum absolute atomic E-state index is 0.00144. The topological polar surface area (TPSA) is 33.2 Å². The summed E-state index contributed by atoms with van der Waals surface area (Å²) in [7, 11) is 0. The summed E-state index contributed by atoms with van der Waals surface area (Å²) in [6.45, 7) is 5.37. The van der Waals surface area contributed by atoms with Crippen molar-refractivity contribution in [2.45, 2.75) is 26.7 Å². The zero-order chi connectivity index (χ0) is 12.0. The molecule has 0 saturated carbocycles. The minimum atomic E-state index is -0.00144. The third-order valence-corrected chi connectivity index (χ3v) is 3.20. The molecular formula is C11H17ClN2OS. The number of alkyl halides is 1. The Morgan fingerprint density at radius 3 is 2.81 bits per heavy atom. The number of carbonyl (C=O) groups excluding carboxylic acids is 1. The van der Waals surface area contributed by atoms with Crippen LogP contribution in [0.2, 0.25) is 0 Å².